The number of likely N-dealkylation sites (tertiary alicyclic amines) is 1. The van der Waals surface area contributed by atoms with Gasteiger partial charge in [0.15, 0.2) is 0 Å². The highest BCUT2D eigenvalue weighted by atomic mass is 16.5. The normalized spacial score (nSPS) is 20.9. The summed E-state index contributed by atoms with van der Waals surface area (Å²) in [6.45, 7) is 5.64. The zero-order chi connectivity index (χ0) is 14.4. The van der Waals surface area contributed by atoms with Crippen LogP contribution in [-0.4, -0.2) is 43.4 Å². The van der Waals surface area contributed by atoms with Crippen LogP contribution in [0.25, 0.3) is 6.08 Å². The molecule has 1 heterocycles. The molecule has 3 nitrogen and oxygen atoms in total. The molecule has 1 N–H and O–H groups in total. The summed E-state index contributed by atoms with van der Waals surface area (Å²) in [6.07, 6.45) is 4.58. The molecule has 1 unspecified atom stereocenters. The summed E-state index contributed by atoms with van der Waals surface area (Å²) in [5.41, 5.74) is 2.56. The summed E-state index contributed by atoms with van der Waals surface area (Å²) in [7, 11) is 1.68. The van der Waals surface area contributed by atoms with E-state index in [1.54, 1.807) is 7.11 Å². The molecule has 1 saturated heterocycles. The van der Waals surface area contributed by atoms with Crippen LogP contribution in [0.4, 0.5) is 0 Å². The zero-order valence-corrected chi connectivity index (χ0v) is 12.5. The first-order valence-corrected chi connectivity index (χ1v) is 7.35. The van der Waals surface area contributed by atoms with Crippen LogP contribution in [0.15, 0.2) is 29.8 Å². The first-order valence-electron chi connectivity index (χ1n) is 7.35. The van der Waals surface area contributed by atoms with E-state index in [0.717, 1.165) is 31.8 Å². The van der Waals surface area contributed by atoms with E-state index in [4.69, 9.17) is 4.74 Å². The fraction of sp³-hybridized carbons (Fsp3) is 0.529. The van der Waals surface area contributed by atoms with Crippen LogP contribution in [0.2, 0.25) is 0 Å². The van der Waals surface area contributed by atoms with E-state index in [1.165, 1.54) is 17.6 Å². The molecule has 3 heteroatoms. The Morgan fingerprint density at radius 3 is 2.80 bits per heavy atom. The molecule has 1 aromatic carbocycles. The van der Waals surface area contributed by atoms with Crippen LogP contribution in [0.1, 0.15) is 25.3 Å². The summed E-state index contributed by atoms with van der Waals surface area (Å²) in [4.78, 5) is 2.44. The van der Waals surface area contributed by atoms with Crippen molar-refractivity contribution < 1.29 is 9.84 Å². The van der Waals surface area contributed by atoms with Crippen molar-refractivity contribution >= 4 is 6.08 Å². The third kappa shape index (κ3) is 4.36. The van der Waals surface area contributed by atoms with E-state index in [2.05, 4.69) is 30.0 Å². The maximum Gasteiger partial charge on any atom is 0.118 e. The Bertz CT molecular complexity index is 439. The van der Waals surface area contributed by atoms with Gasteiger partial charge in [-0.3, -0.25) is 4.90 Å². The predicted molar refractivity (Wildman–Crippen MR) is 82.9 cm³/mol. The fourth-order valence-corrected chi connectivity index (χ4v) is 2.83. The van der Waals surface area contributed by atoms with Gasteiger partial charge in [-0.2, -0.15) is 0 Å². The first kappa shape index (κ1) is 15.1. The molecule has 0 radical (unpaired) electrons. The van der Waals surface area contributed by atoms with Gasteiger partial charge in [-0.25, -0.2) is 0 Å². The summed E-state index contributed by atoms with van der Waals surface area (Å²) in [6, 6.07) is 8.13. The average Bonchev–Trinajstić information content (AvgIpc) is 2.48. The summed E-state index contributed by atoms with van der Waals surface area (Å²) in [5.74, 6) is 1.35. The smallest absolute Gasteiger partial charge is 0.118 e. The molecular formula is C17H25NO2. The lowest BCUT2D eigenvalue weighted by molar-refractivity contribution is 0.127. The first-order chi connectivity index (χ1) is 9.71. The van der Waals surface area contributed by atoms with Crippen molar-refractivity contribution in [1.29, 1.82) is 0 Å². The molecule has 0 saturated carbocycles. The van der Waals surface area contributed by atoms with Gasteiger partial charge in [-0.1, -0.05) is 23.8 Å². The maximum atomic E-state index is 9.27. The molecular weight excluding hydrogens is 250 g/mol. The van der Waals surface area contributed by atoms with Gasteiger partial charge in [0.2, 0.25) is 0 Å². The van der Waals surface area contributed by atoms with Crippen molar-refractivity contribution in [3.63, 3.8) is 0 Å². The Hall–Kier alpha value is -1.32. The molecule has 0 spiro atoms. The molecule has 1 fully saturated rings. The SMILES string of the molecule is COc1ccc(/C=C(/C)CN2CCCC(CO)C2)cc1. The molecule has 2 rings (SSSR count). The Kier molecular flexibility index (Phi) is 5.62. The third-order valence-electron chi connectivity index (χ3n) is 3.86. The molecule has 20 heavy (non-hydrogen) atoms. The highest BCUT2D eigenvalue weighted by molar-refractivity contribution is 5.53. The monoisotopic (exact) mass is 275 g/mol. The molecule has 0 bridgehead atoms. The van der Waals surface area contributed by atoms with E-state index >= 15 is 0 Å². The minimum atomic E-state index is 0.317. The zero-order valence-electron chi connectivity index (χ0n) is 12.5. The van der Waals surface area contributed by atoms with E-state index in [0.29, 0.717) is 12.5 Å². The van der Waals surface area contributed by atoms with Crippen molar-refractivity contribution in [3.05, 3.63) is 35.4 Å². The topological polar surface area (TPSA) is 32.7 Å². The second kappa shape index (κ2) is 7.46. The van der Waals surface area contributed by atoms with Gasteiger partial charge in [-0.05, 0) is 49.9 Å². The van der Waals surface area contributed by atoms with Crippen molar-refractivity contribution in [1.82, 2.24) is 4.90 Å². The summed E-state index contributed by atoms with van der Waals surface area (Å²) >= 11 is 0. The Labute approximate surface area is 121 Å². The molecule has 0 amide bonds. The molecule has 1 aromatic rings. The second-order valence-electron chi connectivity index (χ2n) is 5.69. The third-order valence-corrected chi connectivity index (χ3v) is 3.86. The summed E-state index contributed by atoms with van der Waals surface area (Å²) < 4.78 is 5.17. The van der Waals surface area contributed by atoms with Gasteiger partial charge < -0.3 is 9.84 Å². The second-order valence-corrected chi connectivity index (χ2v) is 5.69. The molecule has 0 aromatic heterocycles. The molecule has 1 aliphatic rings. The van der Waals surface area contributed by atoms with E-state index in [1.807, 2.05) is 12.1 Å². The Balaban J connectivity index is 1.92. The van der Waals surface area contributed by atoms with Crippen molar-refractivity contribution in [2.24, 2.45) is 5.92 Å². The van der Waals surface area contributed by atoms with Crippen molar-refractivity contribution in [3.8, 4) is 5.75 Å². The molecule has 1 aliphatic heterocycles. The van der Waals surface area contributed by atoms with Crippen LogP contribution in [-0.2, 0) is 0 Å². The van der Waals surface area contributed by atoms with Crippen LogP contribution in [0, 0.1) is 5.92 Å². The molecule has 0 aliphatic carbocycles. The molecule has 110 valence electrons. The number of rotatable bonds is 5. The van der Waals surface area contributed by atoms with Crippen molar-refractivity contribution in [2.75, 3.05) is 33.4 Å². The predicted octanol–water partition coefficient (Wildman–Crippen LogP) is 2.80. The molecule has 1 atom stereocenters. The van der Waals surface area contributed by atoms with Crippen LogP contribution >= 0.6 is 0 Å². The lowest BCUT2D eigenvalue weighted by Crippen LogP contribution is -2.37. The van der Waals surface area contributed by atoms with Crippen LogP contribution < -0.4 is 4.74 Å². The highest BCUT2D eigenvalue weighted by Crippen LogP contribution is 2.18. The van der Waals surface area contributed by atoms with E-state index in [9.17, 15) is 5.11 Å². The highest BCUT2D eigenvalue weighted by Gasteiger charge is 2.18. The van der Waals surface area contributed by atoms with E-state index in [-0.39, 0.29) is 0 Å². The lowest BCUT2D eigenvalue weighted by atomic mass is 9.98. The fourth-order valence-electron chi connectivity index (χ4n) is 2.83. The standard InChI is InChI=1S/C17H25NO2/c1-14(10-15-5-7-17(20-2)8-6-15)11-18-9-3-4-16(12-18)13-19/h5-8,10,16,19H,3-4,9,11-13H2,1-2H3/b14-10-. The number of benzene rings is 1. The van der Waals surface area contributed by atoms with E-state index < -0.39 is 0 Å². The van der Waals surface area contributed by atoms with Crippen molar-refractivity contribution in [2.45, 2.75) is 19.8 Å². The van der Waals surface area contributed by atoms with Gasteiger partial charge in [0.05, 0.1) is 7.11 Å². The van der Waals surface area contributed by atoms with Crippen LogP contribution in [0.5, 0.6) is 5.75 Å². The number of methoxy groups -OCH3 is 1. The number of aliphatic hydroxyl groups is 1. The lowest BCUT2D eigenvalue weighted by Gasteiger charge is -2.31. The van der Waals surface area contributed by atoms with Gasteiger partial charge in [-0.15, -0.1) is 0 Å². The van der Waals surface area contributed by atoms with Gasteiger partial charge in [0, 0.05) is 19.7 Å². The maximum absolute atomic E-state index is 9.27. The number of piperidine rings is 1. The number of ether oxygens (including phenoxy) is 1. The Morgan fingerprint density at radius 1 is 1.40 bits per heavy atom. The summed E-state index contributed by atoms with van der Waals surface area (Å²) in [5, 5.41) is 9.27. The quantitative estimate of drug-likeness (QED) is 0.897. The van der Waals surface area contributed by atoms with Gasteiger partial charge in [0.1, 0.15) is 5.75 Å². The van der Waals surface area contributed by atoms with Crippen LogP contribution in [0.3, 0.4) is 0 Å². The largest absolute Gasteiger partial charge is 0.497 e. The average molecular weight is 275 g/mol. The minimum Gasteiger partial charge on any atom is -0.497 e. The number of nitrogens with zero attached hydrogens (tertiary/aromatic N) is 1. The van der Waals surface area contributed by atoms with Gasteiger partial charge >= 0.3 is 0 Å². The Morgan fingerprint density at radius 2 is 2.15 bits per heavy atom. The number of hydrogen-bond acceptors (Lipinski definition) is 3. The number of aliphatic hydroxyl groups excluding tert-OH is 1. The minimum absolute atomic E-state index is 0.317. The number of hydrogen-bond donors (Lipinski definition) is 1. The van der Waals surface area contributed by atoms with Gasteiger partial charge in [0.25, 0.3) is 0 Å².